The SMILES string of the molecule is O=C(O)C1CC(OCCOc2ccc(-c3cc(=O)c4ccc(Br)c(Cl)c4o3)cc2Cl)C1. The quantitative estimate of drug-likeness (QED) is 0.391. The molecule has 1 aliphatic carbocycles. The minimum absolute atomic E-state index is 0.0368. The molecule has 0 aliphatic heterocycles. The van der Waals surface area contributed by atoms with Gasteiger partial charge < -0.3 is 19.0 Å². The summed E-state index contributed by atoms with van der Waals surface area (Å²) in [6.07, 6.45) is 1.02. The second-order valence-corrected chi connectivity index (χ2v) is 8.85. The van der Waals surface area contributed by atoms with Crippen molar-refractivity contribution < 1.29 is 23.8 Å². The van der Waals surface area contributed by atoms with Gasteiger partial charge in [0, 0.05) is 16.1 Å². The predicted molar refractivity (Wildman–Crippen MR) is 121 cm³/mol. The van der Waals surface area contributed by atoms with Gasteiger partial charge in [0.25, 0.3) is 0 Å². The Morgan fingerprint density at radius 2 is 1.94 bits per heavy atom. The van der Waals surface area contributed by atoms with E-state index >= 15 is 0 Å². The monoisotopic (exact) mass is 526 g/mol. The van der Waals surface area contributed by atoms with Gasteiger partial charge in [-0.25, -0.2) is 0 Å². The summed E-state index contributed by atoms with van der Waals surface area (Å²) in [5, 5.41) is 9.94. The number of hydrogen-bond acceptors (Lipinski definition) is 5. The lowest BCUT2D eigenvalue weighted by molar-refractivity contribution is -0.151. The zero-order valence-electron chi connectivity index (χ0n) is 16.1. The smallest absolute Gasteiger partial charge is 0.306 e. The highest BCUT2D eigenvalue weighted by molar-refractivity contribution is 9.10. The maximum atomic E-state index is 12.5. The molecular weight excluding hydrogens is 511 g/mol. The van der Waals surface area contributed by atoms with E-state index < -0.39 is 5.97 Å². The minimum atomic E-state index is -0.778. The van der Waals surface area contributed by atoms with Gasteiger partial charge in [-0.05, 0) is 59.1 Å². The van der Waals surface area contributed by atoms with Crippen LogP contribution in [0, 0.1) is 5.92 Å². The van der Waals surface area contributed by atoms with E-state index in [1.54, 1.807) is 30.3 Å². The molecule has 0 radical (unpaired) electrons. The van der Waals surface area contributed by atoms with Crippen molar-refractivity contribution in [3.05, 3.63) is 61.1 Å². The number of carboxylic acids is 1. The molecule has 0 unspecified atom stereocenters. The van der Waals surface area contributed by atoms with Gasteiger partial charge in [-0.1, -0.05) is 23.2 Å². The summed E-state index contributed by atoms with van der Waals surface area (Å²) in [6.45, 7) is 0.615. The molecule has 2 aromatic carbocycles. The van der Waals surface area contributed by atoms with Crippen LogP contribution in [0.2, 0.25) is 10.0 Å². The third kappa shape index (κ3) is 4.75. The van der Waals surface area contributed by atoms with Gasteiger partial charge in [0.05, 0.1) is 34.1 Å². The minimum Gasteiger partial charge on any atom is -0.490 e. The number of carbonyl (C=O) groups is 1. The Balaban J connectivity index is 1.42. The Kier molecular flexibility index (Phi) is 6.57. The summed E-state index contributed by atoms with van der Waals surface area (Å²) >= 11 is 16.0. The molecule has 0 bridgehead atoms. The largest absolute Gasteiger partial charge is 0.490 e. The molecule has 1 fully saturated rings. The van der Waals surface area contributed by atoms with Crippen LogP contribution in [0.5, 0.6) is 5.75 Å². The van der Waals surface area contributed by atoms with E-state index in [9.17, 15) is 9.59 Å². The first-order chi connectivity index (χ1) is 14.8. The number of carboxylic acid groups (broad SMARTS) is 1. The molecule has 1 N–H and O–H groups in total. The van der Waals surface area contributed by atoms with Gasteiger partial charge >= 0.3 is 5.97 Å². The van der Waals surface area contributed by atoms with Gasteiger partial charge in [-0.15, -0.1) is 0 Å². The lowest BCUT2D eigenvalue weighted by Crippen LogP contribution is -2.37. The third-order valence-electron chi connectivity index (χ3n) is 5.14. The first kappa shape index (κ1) is 22.1. The van der Waals surface area contributed by atoms with E-state index in [1.807, 2.05) is 0 Å². The molecule has 162 valence electrons. The van der Waals surface area contributed by atoms with Crippen molar-refractivity contribution in [3.8, 4) is 17.1 Å². The van der Waals surface area contributed by atoms with Crippen molar-refractivity contribution in [3.63, 3.8) is 0 Å². The van der Waals surface area contributed by atoms with Crippen molar-refractivity contribution >= 4 is 56.1 Å². The summed E-state index contributed by atoms with van der Waals surface area (Å²) in [7, 11) is 0. The van der Waals surface area contributed by atoms with Gasteiger partial charge in [-0.3, -0.25) is 9.59 Å². The number of ether oxygens (including phenoxy) is 2. The van der Waals surface area contributed by atoms with E-state index in [0.717, 1.165) is 0 Å². The zero-order valence-corrected chi connectivity index (χ0v) is 19.2. The van der Waals surface area contributed by atoms with Crippen LogP contribution in [-0.2, 0) is 9.53 Å². The average molecular weight is 528 g/mol. The molecule has 0 spiro atoms. The van der Waals surface area contributed by atoms with Crippen molar-refractivity contribution in [2.45, 2.75) is 18.9 Å². The maximum absolute atomic E-state index is 12.5. The highest BCUT2D eigenvalue weighted by Crippen LogP contribution is 2.35. The molecule has 1 saturated carbocycles. The van der Waals surface area contributed by atoms with E-state index in [2.05, 4.69) is 15.9 Å². The van der Waals surface area contributed by atoms with Crippen molar-refractivity contribution in [1.29, 1.82) is 0 Å². The third-order valence-corrected chi connectivity index (χ3v) is 6.70. The summed E-state index contributed by atoms with van der Waals surface area (Å²) < 4.78 is 17.8. The number of hydrogen-bond donors (Lipinski definition) is 1. The fourth-order valence-corrected chi connectivity index (χ4v) is 4.10. The predicted octanol–water partition coefficient (Wildman–Crippen LogP) is 5.79. The Hall–Kier alpha value is -2.06. The molecule has 1 aromatic heterocycles. The van der Waals surface area contributed by atoms with E-state index in [-0.39, 0.29) is 24.1 Å². The Bertz CT molecular complexity index is 1200. The first-order valence-electron chi connectivity index (χ1n) is 9.52. The highest BCUT2D eigenvalue weighted by atomic mass is 79.9. The standard InChI is InChI=1S/C22H17BrCl2O6/c23-15-3-2-14-17(26)10-19(31-21(14)20(15)25)11-1-4-18(16(24)9-11)30-6-5-29-13-7-12(8-13)22(27)28/h1-4,9-10,12-13H,5-8H2,(H,27,28). The first-order valence-corrected chi connectivity index (χ1v) is 11.1. The van der Waals surface area contributed by atoms with Crippen LogP contribution in [-0.4, -0.2) is 30.4 Å². The summed E-state index contributed by atoms with van der Waals surface area (Å²) in [5.41, 5.74) is 0.700. The van der Waals surface area contributed by atoms with Crippen LogP contribution >= 0.6 is 39.1 Å². The number of rotatable bonds is 7. The molecule has 3 aromatic rings. The van der Waals surface area contributed by atoms with Crippen LogP contribution in [0.3, 0.4) is 0 Å². The van der Waals surface area contributed by atoms with Gasteiger partial charge in [0.2, 0.25) is 0 Å². The van der Waals surface area contributed by atoms with Crippen LogP contribution in [0.15, 0.2) is 50.1 Å². The van der Waals surface area contributed by atoms with Crippen molar-refractivity contribution in [2.24, 2.45) is 5.92 Å². The Labute approximate surface area is 195 Å². The second-order valence-electron chi connectivity index (χ2n) is 7.21. The van der Waals surface area contributed by atoms with Gasteiger partial charge in [0.15, 0.2) is 11.0 Å². The van der Waals surface area contributed by atoms with Crippen molar-refractivity contribution in [1.82, 2.24) is 0 Å². The molecule has 0 atom stereocenters. The lowest BCUT2D eigenvalue weighted by atomic mass is 9.82. The fourth-order valence-electron chi connectivity index (χ4n) is 3.35. The van der Waals surface area contributed by atoms with Gasteiger partial charge in [0.1, 0.15) is 18.1 Å². The van der Waals surface area contributed by atoms with E-state index in [4.69, 9.17) is 42.2 Å². The highest BCUT2D eigenvalue weighted by Gasteiger charge is 2.34. The van der Waals surface area contributed by atoms with Gasteiger partial charge in [-0.2, -0.15) is 0 Å². The van der Waals surface area contributed by atoms with Crippen LogP contribution < -0.4 is 10.2 Å². The van der Waals surface area contributed by atoms with Crippen LogP contribution in [0.1, 0.15) is 12.8 Å². The molecule has 0 amide bonds. The molecule has 1 heterocycles. The van der Waals surface area contributed by atoms with E-state index in [1.165, 1.54) is 6.07 Å². The zero-order chi connectivity index (χ0) is 22.1. The molecule has 0 saturated heterocycles. The molecule has 9 heteroatoms. The average Bonchev–Trinajstić information content (AvgIpc) is 2.69. The number of halogens is 3. The van der Waals surface area contributed by atoms with Crippen molar-refractivity contribution in [2.75, 3.05) is 13.2 Å². The van der Waals surface area contributed by atoms with E-state index in [0.29, 0.717) is 62.0 Å². The number of aliphatic carboxylic acids is 1. The molecule has 1 aliphatic rings. The Morgan fingerprint density at radius 1 is 1.16 bits per heavy atom. The summed E-state index contributed by atoms with van der Waals surface area (Å²) in [5.74, 6) is -0.276. The lowest BCUT2D eigenvalue weighted by Gasteiger charge is -2.31. The number of benzene rings is 2. The molecule has 6 nitrogen and oxygen atoms in total. The second kappa shape index (κ2) is 9.20. The van der Waals surface area contributed by atoms with Crippen LogP contribution in [0.25, 0.3) is 22.3 Å². The Morgan fingerprint density at radius 3 is 2.65 bits per heavy atom. The topological polar surface area (TPSA) is 86.0 Å². The summed E-state index contributed by atoms with van der Waals surface area (Å²) in [6, 6.07) is 9.82. The molecular formula is C22H17BrCl2O6. The van der Waals surface area contributed by atoms with Crippen LogP contribution in [0.4, 0.5) is 0 Å². The summed E-state index contributed by atoms with van der Waals surface area (Å²) in [4.78, 5) is 23.3. The number of fused-ring (bicyclic) bond motifs is 1. The maximum Gasteiger partial charge on any atom is 0.306 e. The fraction of sp³-hybridized carbons (Fsp3) is 0.273. The molecule has 31 heavy (non-hydrogen) atoms. The normalized spacial score (nSPS) is 18.0. The molecule has 4 rings (SSSR count).